The van der Waals surface area contributed by atoms with Crippen molar-refractivity contribution in [3.63, 3.8) is 0 Å². The molecule has 25 heavy (non-hydrogen) atoms. The quantitative estimate of drug-likeness (QED) is 0.638. The van der Waals surface area contributed by atoms with E-state index in [9.17, 15) is 4.79 Å². The van der Waals surface area contributed by atoms with Gasteiger partial charge < -0.3 is 10.1 Å². The lowest BCUT2D eigenvalue weighted by Gasteiger charge is -2.13. The Morgan fingerprint density at radius 3 is 2.56 bits per heavy atom. The Morgan fingerprint density at radius 1 is 1.04 bits per heavy atom. The topological polar surface area (TPSA) is 38.3 Å². The molecule has 0 heterocycles. The van der Waals surface area contributed by atoms with E-state index in [4.69, 9.17) is 4.74 Å². The van der Waals surface area contributed by atoms with Crippen molar-refractivity contribution in [1.29, 1.82) is 0 Å². The van der Waals surface area contributed by atoms with Gasteiger partial charge in [0.25, 0.3) is 0 Å². The minimum atomic E-state index is -0.0584. The van der Waals surface area contributed by atoms with Crippen LogP contribution in [0.1, 0.15) is 16.7 Å². The number of hydrogen-bond acceptors (Lipinski definition) is 2. The third-order valence-electron chi connectivity index (χ3n) is 4.40. The van der Waals surface area contributed by atoms with Gasteiger partial charge in [0, 0.05) is 15.7 Å². The van der Waals surface area contributed by atoms with Gasteiger partial charge in [-0.1, -0.05) is 34.1 Å². The van der Waals surface area contributed by atoms with E-state index in [1.54, 1.807) is 7.11 Å². The van der Waals surface area contributed by atoms with E-state index in [1.165, 1.54) is 5.56 Å². The summed E-state index contributed by atoms with van der Waals surface area (Å²) >= 11 is 3.49. The number of ether oxygens (including phenoxy) is 1. The second kappa shape index (κ2) is 7.28. The third-order valence-corrected chi connectivity index (χ3v) is 4.89. The molecule has 0 saturated heterocycles. The first-order chi connectivity index (χ1) is 12.0. The molecular formula is C21H20BrNO2. The summed E-state index contributed by atoms with van der Waals surface area (Å²) in [7, 11) is 1.63. The maximum absolute atomic E-state index is 12.6. The van der Waals surface area contributed by atoms with Crippen molar-refractivity contribution in [1.82, 2.24) is 0 Å². The molecule has 0 unspecified atom stereocenters. The number of fused-ring (bicyclic) bond motifs is 1. The fraction of sp³-hybridized carbons (Fsp3) is 0.190. The number of amides is 1. The molecule has 0 atom stereocenters. The van der Waals surface area contributed by atoms with Crippen molar-refractivity contribution in [2.45, 2.75) is 20.3 Å². The highest BCUT2D eigenvalue weighted by atomic mass is 79.9. The number of methoxy groups -OCH3 is 1. The molecule has 0 aliphatic heterocycles. The molecule has 3 aromatic rings. The largest absolute Gasteiger partial charge is 0.496 e. The summed E-state index contributed by atoms with van der Waals surface area (Å²) in [6.07, 6.45) is 0.259. The molecule has 4 heteroatoms. The van der Waals surface area contributed by atoms with Crippen LogP contribution < -0.4 is 10.1 Å². The van der Waals surface area contributed by atoms with Crippen LogP contribution in [0.15, 0.2) is 53.0 Å². The summed E-state index contributed by atoms with van der Waals surface area (Å²) < 4.78 is 6.49. The lowest BCUT2D eigenvalue weighted by molar-refractivity contribution is -0.115. The van der Waals surface area contributed by atoms with Crippen molar-refractivity contribution in [3.8, 4) is 5.75 Å². The molecule has 3 aromatic carbocycles. The fourth-order valence-electron chi connectivity index (χ4n) is 2.90. The van der Waals surface area contributed by atoms with E-state index < -0.39 is 0 Å². The number of anilines is 1. The van der Waals surface area contributed by atoms with Crippen molar-refractivity contribution in [2.24, 2.45) is 0 Å². The van der Waals surface area contributed by atoms with Crippen LogP contribution in [-0.4, -0.2) is 13.0 Å². The molecule has 0 aliphatic carbocycles. The smallest absolute Gasteiger partial charge is 0.228 e. The molecule has 1 amide bonds. The molecule has 3 rings (SSSR count). The van der Waals surface area contributed by atoms with Gasteiger partial charge in [0.05, 0.1) is 13.5 Å². The predicted molar refractivity (Wildman–Crippen MR) is 106 cm³/mol. The molecule has 0 saturated carbocycles. The number of carbonyl (C=O) groups is 1. The first-order valence-corrected chi connectivity index (χ1v) is 8.89. The van der Waals surface area contributed by atoms with Gasteiger partial charge in [-0.15, -0.1) is 0 Å². The first kappa shape index (κ1) is 17.5. The average Bonchev–Trinajstić information content (AvgIpc) is 2.58. The van der Waals surface area contributed by atoms with Crippen LogP contribution >= 0.6 is 15.9 Å². The lowest BCUT2D eigenvalue weighted by Crippen LogP contribution is -2.15. The highest BCUT2D eigenvalue weighted by molar-refractivity contribution is 9.10. The van der Waals surface area contributed by atoms with Crippen molar-refractivity contribution in [3.05, 3.63) is 69.7 Å². The number of aryl methyl sites for hydroxylation is 2. The summed E-state index contributed by atoms with van der Waals surface area (Å²) in [5.74, 6) is 0.669. The summed E-state index contributed by atoms with van der Waals surface area (Å²) in [4.78, 5) is 12.6. The minimum absolute atomic E-state index is 0.0584. The fourth-order valence-corrected chi connectivity index (χ4v) is 3.28. The van der Waals surface area contributed by atoms with Crippen LogP contribution in [0.5, 0.6) is 5.75 Å². The van der Waals surface area contributed by atoms with Crippen molar-refractivity contribution >= 4 is 38.3 Å². The Hall–Kier alpha value is -2.33. The van der Waals surface area contributed by atoms with Crippen LogP contribution in [0.25, 0.3) is 10.8 Å². The van der Waals surface area contributed by atoms with Gasteiger partial charge in [-0.05, 0) is 66.1 Å². The van der Waals surface area contributed by atoms with Crippen LogP contribution in [0.4, 0.5) is 5.69 Å². The van der Waals surface area contributed by atoms with E-state index in [-0.39, 0.29) is 12.3 Å². The van der Waals surface area contributed by atoms with E-state index in [0.29, 0.717) is 0 Å². The summed E-state index contributed by atoms with van der Waals surface area (Å²) in [5, 5.41) is 5.08. The SMILES string of the molecule is COc1ccc2cc(Br)ccc2c1CC(=O)Nc1ccc(C)c(C)c1. The lowest BCUT2D eigenvalue weighted by atomic mass is 10.0. The molecule has 1 N–H and O–H groups in total. The van der Waals surface area contributed by atoms with Crippen molar-refractivity contribution < 1.29 is 9.53 Å². The molecule has 3 nitrogen and oxygen atoms in total. The minimum Gasteiger partial charge on any atom is -0.496 e. The van der Waals surface area contributed by atoms with Crippen LogP contribution in [0.3, 0.4) is 0 Å². The number of hydrogen-bond donors (Lipinski definition) is 1. The number of benzene rings is 3. The second-order valence-electron chi connectivity index (χ2n) is 6.14. The summed E-state index contributed by atoms with van der Waals surface area (Å²) in [5.41, 5.74) is 4.08. The van der Waals surface area contributed by atoms with Crippen LogP contribution in [0.2, 0.25) is 0 Å². The Morgan fingerprint density at radius 2 is 1.84 bits per heavy atom. The van der Waals surface area contributed by atoms with Gasteiger partial charge in [-0.3, -0.25) is 4.79 Å². The molecular weight excluding hydrogens is 378 g/mol. The zero-order valence-electron chi connectivity index (χ0n) is 14.5. The van der Waals surface area contributed by atoms with Gasteiger partial charge in [-0.25, -0.2) is 0 Å². The average molecular weight is 398 g/mol. The Bertz CT molecular complexity index is 950. The molecule has 128 valence electrons. The van der Waals surface area contributed by atoms with Gasteiger partial charge in [0.15, 0.2) is 0 Å². The molecule has 0 aliphatic rings. The zero-order valence-corrected chi connectivity index (χ0v) is 16.1. The Balaban J connectivity index is 1.90. The summed E-state index contributed by atoms with van der Waals surface area (Å²) in [6.45, 7) is 4.09. The molecule has 0 radical (unpaired) electrons. The Kier molecular flexibility index (Phi) is 5.09. The molecule has 0 spiro atoms. The highest BCUT2D eigenvalue weighted by Crippen LogP contribution is 2.30. The second-order valence-corrected chi connectivity index (χ2v) is 7.05. The highest BCUT2D eigenvalue weighted by Gasteiger charge is 2.13. The third kappa shape index (κ3) is 3.85. The van der Waals surface area contributed by atoms with E-state index in [1.807, 2.05) is 55.5 Å². The van der Waals surface area contributed by atoms with Crippen LogP contribution in [0, 0.1) is 13.8 Å². The molecule has 0 bridgehead atoms. The first-order valence-electron chi connectivity index (χ1n) is 8.10. The Labute approximate surface area is 156 Å². The predicted octanol–water partition coefficient (Wildman–Crippen LogP) is 5.41. The van der Waals surface area contributed by atoms with Gasteiger partial charge in [0.1, 0.15) is 5.75 Å². The summed E-state index contributed by atoms with van der Waals surface area (Å²) in [6, 6.07) is 15.9. The number of carbonyl (C=O) groups excluding carboxylic acids is 1. The number of rotatable bonds is 4. The normalized spacial score (nSPS) is 10.7. The number of nitrogens with one attached hydrogen (secondary N) is 1. The number of halogens is 1. The van der Waals surface area contributed by atoms with Gasteiger partial charge >= 0.3 is 0 Å². The maximum atomic E-state index is 12.6. The molecule has 0 aromatic heterocycles. The van der Waals surface area contributed by atoms with Crippen LogP contribution in [-0.2, 0) is 11.2 Å². The zero-order chi connectivity index (χ0) is 18.0. The van der Waals surface area contributed by atoms with Gasteiger partial charge in [0.2, 0.25) is 5.91 Å². The maximum Gasteiger partial charge on any atom is 0.228 e. The molecule has 0 fully saturated rings. The standard InChI is InChI=1S/C21H20BrNO2/c1-13-4-7-17(10-14(13)2)23-21(24)12-19-18-8-6-16(22)11-15(18)5-9-20(19)25-3/h4-11H,12H2,1-3H3,(H,23,24). The monoisotopic (exact) mass is 397 g/mol. The van der Waals surface area contributed by atoms with Crippen molar-refractivity contribution in [2.75, 3.05) is 12.4 Å². The van der Waals surface area contributed by atoms with E-state index in [2.05, 4.69) is 28.2 Å². The van der Waals surface area contributed by atoms with E-state index in [0.717, 1.165) is 37.8 Å². The van der Waals surface area contributed by atoms with E-state index >= 15 is 0 Å². The van der Waals surface area contributed by atoms with Gasteiger partial charge in [-0.2, -0.15) is 0 Å².